The van der Waals surface area contributed by atoms with E-state index in [0.29, 0.717) is 12.4 Å². The Morgan fingerprint density at radius 1 is 1.20 bits per heavy atom. The number of nitrogens with zero attached hydrogens (tertiary/aromatic N) is 3. The van der Waals surface area contributed by atoms with Crippen LogP contribution in [0.15, 0.2) is 30.6 Å². The van der Waals surface area contributed by atoms with Crippen molar-refractivity contribution < 1.29 is 4.39 Å². The molecule has 2 rings (SSSR count). The van der Waals surface area contributed by atoms with Gasteiger partial charge in [-0.1, -0.05) is 6.92 Å². The van der Waals surface area contributed by atoms with E-state index in [1.54, 1.807) is 12.1 Å². The van der Waals surface area contributed by atoms with E-state index in [9.17, 15) is 4.39 Å². The molecule has 2 aromatic rings. The van der Waals surface area contributed by atoms with E-state index in [1.165, 1.54) is 18.5 Å². The lowest BCUT2D eigenvalue weighted by atomic mass is 10.2. The lowest BCUT2D eigenvalue weighted by molar-refractivity contribution is 0.627. The minimum atomic E-state index is -0.257. The molecule has 0 atom stereocenters. The molecular formula is C14H18FN5. The Morgan fingerprint density at radius 3 is 2.45 bits per heavy atom. The fourth-order valence-corrected chi connectivity index (χ4v) is 2.16. The van der Waals surface area contributed by atoms with Crippen LogP contribution in [0.3, 0.4) is 0 Å². The number of anilines is 3. The molecule has 0 aliphatic carbocycles. The molecule has 5 nitrogen and oxygen atoms in total. The summed E-state index contributed by atoms with van der Waals surface area (Å²) in [6.45, 7) is 4.74. The summed E-state index contributed by atoms with van der Waals surface area (Å²) in [6, 6.07) is 6.34. The molecule has 20 heavy (non-hydrogen) atoms. The predicted octanol–water partition coefficient (Wildman–Crippen LogP) is 2.62. The summed E-state index contributed by atoms with van der Waals surface area (Å²) < 4.78 is 13.0. The predicted molar refractivity (Wildman–Crippen MR) is 78.3 cm³/mol. The van der Waals surface area contributed by atoms with E-state index in [1.807, 2.05) is 18.7 Å². The molecule has 0 saturated carbocycles. The quantitative estimate of drug-likeness (QED) is 0.648. The molecule has 3 N–H and O–H groups in total. The van der Waals surface area contributed by atoms with Crippen LogP contribution in [0.1, 0.15) is 19.4 Å². The molecule has 6 heteroatoms. The summed E-state index contributed by atoms with van der Waals surface area (Å²) in [4.78, 5) is 10.5. The zero-order chi connectivity index (χ0) is 14.5. The first-order valence-electron chi connectivity index (χ1n) is 6.54. The summed E-state index contributed by atoms with van der Waals surface area (Å²) in [6.07, 6.45) is 2.21. The van der Waals surface area contributed by atoms with E-state index in [0.717, 1.165) is 23.5 Å². The van der Waals surface area contributed by atoms with Gasteiger partial charge in [0.25, 0.3) is 0 Å². The first-order chi connectivity index (χ1) is 9.71. The van der Waals surface area contributed by atoms with E-state index in [-0.39, 0.29) is 5.82 Å². The lowest BCUT2D eigenvalue weighted by Crippen LogP contribution is -2.21. The van der Waals surface area contributed by atoms with Crippen LogP contribution in [0.4, 0.5) is 21.7 Å². The van der Waals surface area contributed by atoms with Gasteiger partial charge in [0.2, 0.25) is 0 Å². The number of halogens is 1. The number of aromatic nitrogens is 2. The topological polar surface area (TPSA) is 67.1 Å². The summed E-state index contributed by atoms with van der Waals surface area (Å²) in [7, 11) is 0. The molecule has 0 bridgehead atoms. The molecule has 0 fully saturated rings. The van der Waals surface area contributed by atoms with Crippen molar-refractivity contribution in [3.63, 3.8) is 0 Å². The van der Waals surface area contributed by atoms with Gasteiger partial charge in [-0.15, -0.1) is 0 Å². The van der Waals surface area contributed by atoms with Crippen LogP contribution in [0, 0.1) is 5.82 Å². The smallest absolute Gasteiger partial charge is 0.148 e. The van der Waals surface area contributed by atoms with Gasteiger partial charge in [0.15, 0.2) is 0 Å². The minimum Gasteiger partial charge on any atom is -0.326 e. The second-order valence-electron chi connectivity index (χ2n) is 4.24. The first kappa shape index (κ1) is 14.2. The van der Waals surface area contributed by atoms with E-state index in [4.69, 9.17) is 5.84 Å². The van der Waals surface area contributed by atoms with Crippen LogP contribution in [0.5, 0.6) is 0 Å². The van der Waals surface area contributed by atoms with Gasteiger partial charge in [-0.3, -0.25) is 0 Å². The maximum atomic E-state index is 13.0. The van der Waals surface area contributed by atoms with Crippen molar-refractivity contribution in [1.29, 1.82) is 0 Å². The van der Waals surface area contributed by atoms with Crippen molar-refractivity contribution in [2.24, 2.45) is 5.84 Å². The van der Waals surface area contributed by atoms with E-state index in [2.05, 4.69) is 15.4 Å². The van der Waals surface area contributed by atoms with Crippen LogP contribution in [-0.2, 0) is 6.42 Å². The van der Waals surface area contributed by atoms with Crippen molar-refractivity contribution in [2.45, 2.75) is 20.3 Å². The highest BCUT2D eigenvalue weighted by molar-refractivity contribution is 5.67. The number of hydrazine groups is 1. The van der Waals surface area contributed by atoms with Gasteiger partial charge in [-0.25, -0.2) is 20.2 Å². The second kappa shape index (κ2) is 6.29. The van der Waals surface area contributed by atoms with Crippen LogP contribution < -0.4 is 16.2 Å². The largest absolute Gasteiger partial charge is 0.326 e. The van der Waals surface area contributed by atoms with E-state index >= 15 is 0 Å². The number of benzene rings is 1. The monoisotopic (exact) mass is 275 g/mol. The molecular weight excluding hydrogens is 257 g/mol. The van der Waals surface area contributed by atoms with Crippen molar-refractivity contribution >= 4 is 17.3 Å². The number of nitrogens with two attached hydrogens (primary N) is 1. The maximum absolute atomic E-state index is 13.0. The van der Waals surface area contributed by atoms with Crippen LogP contribution in [0.2, 0.25) is 0 Å². The molecule has 0 radical (unpaired) electrons. The molecule has 0 spiro atoms. The lowest BCUT2D eigenvalue weighted by Gasteiger charge is -2.25. The van der Waals surface area contributed by atoms with Crippen molar-refractivity contribution in [1.82, 2.24) is 9.97 Å². The molecule has 0 aliphatic heterocycles. The molecule has 1 aromatic heterocycles. The third-order valence-electron chi connectivity index (χ3n) is 3.12. The van der Waals surface area contributed by atoms with Crippen molar-refractivity contribution in [3.8, 4) is 0 Å². The van der Waals surface area contributed by atoms with Gasteiger partial charge in [-0.2, -0.15) is 0 Å². The Hall–Kier alpha value is -2.21. The number of rotatable bonds is 5. The average Bonchev–Trinajstić information content (AvgIpc) is 2.49. The Kier molecular flexibility index (Phi) is 4.47. The van der Waals surface area contributed by atoms with Crippen LogP contribution in [0.25, 0.3) is 0 Å². The maximum Gasteiger partial charge on any atom is 0.148 e. The Bertz CT molecular complexity index is 570. The SMILES string of the molecule is CCc1c(NN)ncnc1N(CC)c1ccc(F)cc1. The molecule has 1 heterocycles. The van der Waals surface area contributed by atoms with Crippen LogP contribution >= 0.6 is 0 Å². The third-order valence-corrected chi connectivity index (χ3v) is 3.12. The number of hydrogen-bond acceptors (Lipinski definition) is 5. The summed E-state index contributed by atoms with van der Waals surface area (Å²) in [5.41, 5.74) is 4.40. The molecule has 0 amide bonds. The van der Waals surface area contributed by atoms with Gasteiger partial charge in [0.05, 0.1) is 0 Å². The highest BCUT2D eigenvalue weighted by Crippen LogP contribution is 2.29. The third kappa shape index (κ3) is 2.70. The summed E-state index contributed by atoms with van der Waals surface area (Å²) in [5, 5.41) is 0. The highest BCUT2D eigenvalue weighted by atomic mass is 19.1. The van der Waals surface area contributed by atoms with Crippen LogP contribution in [-0.4, -0.2) is 16.5 Å². The highest BCUT2D eigenvalue weighted by Gasteiger charge is 2.16. The normalized spacial score (nSPS) is 10.4. The number of hydrogen-bond donors (Lipinski definition) is 2. The standard InChI is InChI=1S/C14H18FN5/c1-3-12-13(19-16)17-9-18-14(12)20(4-2)11-7-5-10(15)6-8-11/h5-9H,3-4,16H2,1-2H3,(H,17,18,19). The minimum absolute atomic E-state index is 0.257. The Balaban J connectivity index is 2.49. The van der Waals surface area contributed by atoms with Crippen molar-refractivity contribution in [2.75, 3.05) is 16.9 Å². The van der Waals surface area contributed by atoms with Gasteiger partial charge in [0, 0.05) is 17.8 Å². The van der Waals surface area contributed by atoms with Crippen molar-refractivity contribution in [3.05, 3.63) is 42.0 Å². The van der Waals surface area contributed by atoms with Gasteiger partial charge < -0.3 is 10.3 Å². The Labute approximate surface area is 117 Å². The molecule has 1 aromatic carbocycles. The average molecular weight is 275 g/mol. The van der Waals surface area contributed by atoms with E-state index < -0.39 is 0 Å². The first-order valence-corrected chi connectivity index (χ1v) is 6.54. The molecule has 0 unspecified atom stereocenters. The molecule has 0 saturated heterocycles. The molecule has 106 valence electrons. The van der Waals surface area contributed by atoms with Gasteiger partial charge >= 0.3 is 0 Å². The second-order valence-corrected chi connectivity index (χ2v) is 4.24. The summed E-state index contributed by atoms with van der Waals surface area (Å²) in [5.74, 6) is 6.62. The number of nitrogen functional groups attached to an aromatic ring is 1. The van der Waals surface area contributed by atoms with Gasteiger partial charge in [-0.05, 0) is 37.6 Å². The Morgan fingerprint density at radius 2 is 1.90 bits per heavy atom. The fourth-order valence-electron chi connectivity index (χ4n) is 2.16. The van der Waals surface area contributed by atoms with Gasteiger partial charge in [0.1, 0.15) is 23.8 Å². The molecule has 0 aliphatic rings. The fraction of sp³-hybridized carbons (Fsp3) is 0.286. The zero-order valence-electron chi connectivity index (χ0n) is 11.6. The summed E-state index contributed by atoms with van der Waals surface area (Å²) >= 11 is 0. The number of nitrogens with one attached hydrogen (secondary N) is 1. The zero-order valence-corrected chi connectivity index (χ0v) is 11.6.